The van der Waals surface area contributed by atoms with Gasteiger partial charge in [-0.25, -0.2) is 9.97 Å². The number of unbranched alkanes of at least 4 members (excludes halogenated alkanes) is 1. The van der Waals surface area contributed by atoms with E-state index in [1.54, 1.807) is 45.2 Å². The number of nitrogens with two attached hydrogens (primary N) is 1. The molecule has 1 aromatic heterocycles. The molecule has 4 aromatic rings. The molecule has 7 rings (SSSR count). The Balaban J connectivity index is 0.954. The summed E-state index contributed by atoms with van der Waals surface area (Å²) in [6.07, 6.45) is -2.09. The van der Waals surface area contributed by atoms with Crippen LogP contribution in [-0.2, 0) is 25.3 Å². The number of amides is 5. The fourth-order valence-electron chi connectivity index (χ4n) is 7.95. The van der Waals surface area contributed by atoms with Crippen molar-refractivity contribution in [1.29, 1.82) is 0 Å². The molecule has 2 fully saturated rings. The molecule has 3 atom stereocenters. The minimum Gasteiger partial charge on any atom is -0.493 e. The maximum absolute atomic E-state index is 13.6. The lowest BCUT2D eigenvalue weighted by Gasteiger charge is -2.27. The molecular formula is C44H49F3N8O8. The zero-order valence-corrected chi connectivity index (χ0v) is 35.2. The highest BCUT2D eigenvalue weighted by molar-refractivity contribution is 6.25. The lowest BCUT2D eigenvalue weighted by atomic mass is 9.98. The van der Waals surface area contributed by atoms with E-state index in [9.17, 15) is 37.1 Å². The summed E-state index contributed by atoms with van der Waals surface area (Å²) >= 11 is 0. The number of methoxy groups -OCH3 is 1. The third-order valence-electron chi connectivity index (χ3n) is 11.6. The van der Waals surface area contributed by atoms with Crippen molar-refractivity contribution in [2.24, 2.45) is 5.41 Å². The SMILES string of the molecule is CNC(=O)C(CC1(COc2cc3c(N[C@H](C)c4cc(N)cc(C(F)(F)F)c4)nc(C)nc3cc2OC)CC1)OCCCCNc1cccc2c1C(=O)N(C1CCC(=O)NC1=O)C2=O. The van der Waals surface area contributed by atoms with Gasteiger partial charge in [-0.1, -0.05) is 6.07 Å². The first-order valence-corrected chi connectivity index (χ1v) is 20.7. The van der Waals surface area contributed by atoms with Crippen molar-refractivity contribution in [1.82, 2.24) is 25.5 Å². The smallest absolute Gasteiger partial charge is 0.416 e. The van der Waals surface area contributed by atoms with Crippen LogP contribution in [0.4, 0.5) is 30.4 Å². The lowest BCUT2D eigenvalue weighted by Crippen LogP contribution is -2.54. The topological polar surface area (TPSA) is 216 Å². The minimum absolute atomic E-state index is 0.0153. The van der Waals surface area contributed by atoms with Gasteiger partial charge in [-0.2, -0.15) is 13.2 Å². The first kappa shape index (κ1) is 44.6. The Labute approximate surface area is 360 Å². The number of fused-ring (bicyclic) bond motifs is 2. The van der Waals surface area contributed by atoms with E-state index >= 15 is 0 Å². The number of imide groups is 2. The van der Waals surface area contributed by atoms with E-state index in [1.807, 2.05) is 0 Å². The average molecular weight is 875 g/mol. The summed E-state index contributed by atoms with van der Waals surface area (Å²) in [5.74, 6) is -0.956. The molecule has 63 heavy (non-hydrogen) atoms. The third kappa shape index (κ3) is 9.77. The number of piperidine rings is 1. The largest absolute Gasteiger partial charge is 0.493 e. The van der Waals surface area contributed by atoms with Crippen LogP contribution < -0.4 is 36.5 Å². The number of anilines is 3. The monoisotopic (exact) mass is 874 g/mol. The van der Waals surface area contributed by atoms with Crippen LogP contribution in [-0.4, -0.2) is 90.5 Å². The van der Waals surface area contributed by atoms with Crippen molar-refractivity contribution in [2.45, 2.75) is 83.2 Å². The number of halogens is 3. The molecule has 334 valence electrons. The molecular weight excluding hydrogens is 826 g/mol. The number of hydrogen-bond donors (Lipinski definition) is 5. The van der Waals surface area contributed by atoms with Crippen molar-refractivity contribution in [2.75, 3.05) is 50.3 Å². The molecule has 2 unspecified atom stereocenters. The van der Waals surface area contributed by atoms with E-state index in [4.69, 9.17) is 19.9 Å². The zero-order valence-electron chi connectivity index (χ0n) is 35.2. The summed E-state index contributed by atoms with van der Waals surface area (Å²) in [4.78, 5) is 73.8. The molecule has 2 aliphatic heterocycles. The predicted octanol–water partition coefficient (Wildman–Crippen LogP) is 5.69. The Morgan fingerprint density at radius 2 is 1.83 bits per heavy atom. The van der Waals surface area contributed by atoms with Crippen LogP contribution in [0.2, 0.25) is 0 Å². The molecule has 16 nitrogen and oxygen atoms in total. The van der Waals surface area contributed by atoms with Crippen LogP contribution >= 0.6 is 0 Å². The highest BCUT2D eigenvalue weighted by atomic mass is 19.4. The second-order valence-corrected chi connectivity index (χ2v) is 16.2. The number of nitrogen functional groups attached to an aromatic ring is 1. The number of likely N-dealkylation sites (N-methyl/N-ethyl adjacent to an activating group) is 1. The molecule has 0 radical (unpaired) electrons. The number of carbonyl (C=O) groups is 5. The summed E-state index contributed by atoms with van der Waals surface area (Å²) in [7, 11) is 3.05. The van der Waals surface area contributed by atoms with Crippen LogP contribution in [0, 0.1) is 12.3 Å². The quantitative estimate of drug-likeness (QED) is 0.0462. The number of carbonyl (C=O) groups excluding carboxylic acids is 5. The van der Waals surface area contributed by atoms with E-state index in [1.165, 1.54) is 19.2 Å². The number of aryl methyl sites for hydroxylation is 1. The fraction of sp³-hybridized carbons (Fsp3) is 0.432. The number of ether oxygens (including phenoxy) is 3. The number of rotatable bonds is 18. The van der Waals surface area contributed by atoms with E-state index in [0.29, 0.717) is 71.1 Å². The molecule has 3 heterocycles. The highest BCUT2D eigenvalue weighted by Gasteiger charge is 2.47. The highest BCUT2D eigenvalue weighted by Crippen LogP contribution is 2.51. The van der Waals surface area contributed by atoms with Crippen LogP contribution in [0.15, 0.2) is 48.5 Å². The van der Waals surface area contributed by atoms with E-state index in [0.717, 1.165) is 29.9 Å². The Morgan fingerprint density at radius 1 is 1.05 bits per heavy atom. The molecule has 1 saturated heterocycles. The lowest BCUT2D eigenvalue weighted by molar-refractivity contribution is -0.138. The van der Waals surface area contributed by atoms with Crippen LogP contribution in [0.5, 0.6) is 11.5 Å². The maximum atomic E-state index is 13.6. The molecule has 1 aliphatic carbocycles. The maximum Gasteiger partial charge on any atom is 0.416 e. The Morgan fingerprint density at radius 3 is 2.52 bits per heavy atom. The number of aromatic nitrogens is 2. The standard InChI is InChI=1S/C44H49F3N8O8/c1-23(25-16-26(44(45,46)47)18-27(48)17-25)51-38-29-19-34(33(61-4)20-31(29)52-24(2)53-38)63-22-43(12-13-43)21-35(40(58)49-3)62-15-6-5-14-50-30-9-7-8-28-37(30)42(60)55(41(28)59)32-10-11-36(56)54-39(32)57/h7-9,16-20,23,32,35,50H,5-6,10-15,21-22,48H2,1-4H3,(H,49,58)(H,51,52,53)(H,54,56,57)/t23-,32?,35?/m1/s1. The Hall–Kier alpha value is -6.50. The van der Waals surface area contributed by atoms with E-state index in [-0.39, 0.29) is 54.2 Å². The molecule has 1 saturated carbocycles. The molecule has 0 bridgehead atoms. The van der Waals surface area contributed by atoms with Crippen molar-refractivity contribution >= 4 is 57.6 Å². The molecule has 0 spiro atoms. The van der Waals surface area contributed by atoms with Crippen LogP contribution in [0.3, 0.4) is 0 Å². The van der Waals surface area contributed by atoms with Crippen LogP contribution in [0.25, 0.3) is 10.9 Å². The van der Waals surface area contributed by atoms with Gasteiger partial charge in [-0.3, -0.25) is 34.2 Å². The molecule has 5 amide bonds. The summed E-state index contributed by atoms with van der Waals surface area (Å²) in [5.41, 5.74) is 6.28. The van der Waals surface area contributed by atoms with Gasteiger partial charge < -0.3 is 35.9 Å². The molecule has 6 N–H and O–H groups in total. The van der Waals surface area contributed by atoms with E-state index in [2.05, 4.69) is 31.2 Å². The van der Waals surface area contributed by atoms with Crippen molar-refractivity contribution in [3.8, 4) is 11.5 Å². The van der Waals surface area contributed by atoms with Crippen molar-refractivity contribution in [3.63, 3.8) is 0 Å². The number of nitrogens with one attached hydrogen (secondary N) is 4. The summed E-state index contributed by atoms with van der Waals surface area (Å²) < 4.78 is 58.9. The zero-order chi connectivity index (χ0) is 45.2. The summed E-state index contributed by atoms with van der Waals surface area (Å²) in [5, 5.41) is 11.9. The Bertz CT molecular complexity index is 2460. The first-order chi connectivity index (χ1) is 30.0. The van der Waals surface area contributed by atoms with Gasteiger partial charge in [-0.05, 0) is 94.3 Å². The van der Waals surface area contributed by atoms with Gasteiger partial charge in [0.25, 0.3) is 11.8 Å². The van der Waals surface area contributed by atoms with Gasteiger partial charge >= 0.3 is 6.18 Å². The summed E-state index contributed by atoms with van der Waals surface area (Å²) in [6, 6.07) is 10.1. The molecule has 3 aliphatic rings. The predicted molar refractivity (Wildman–Crippen MR) is 225 cm³/mol. The van der Waals surface area contributed by atoms with Crippen molar-refractivity contribution in [3.05, 3.63) is 76.6 Å². The second-order valence-electron chi connectivity index (χ2n) is 16.2. The van der Waals surface area contributed by atoms with Gasteiger partial charge in [0.05, 0.1) is 42.0 Å². The van der Waals surface area contributed by atoms with Crippen LogP contribution in [0.1, 0.15) is 95.6 Å². The van der Waals surface area contributed by atoms with Gasteiger partial charge in [-0.15, -0.1) is 0 Å². The number of alkyl halides is 3. The van der Waals surface area contributed by atoms with Crippen molar-refractivity contribution < 1.29 is 51.4 Å². The number of benzene rings is 3. The van der Waals surface area contributed by atoms with Gasteiger partial charge in [0.1, 0.15) is 23.8 Å². The van der Waals surface area contributed by atoms with Gasteiger partial charge in [0.15, 0.2) is 11.5 Å². The second kappa shape index (κ2) is 18.1. The summed E-state index contributed by atoms with van der Waals surface area (Å²) in [6.45, 7) is 4.35. The molecule has 19 heteroatoms. The number of nitrogens with zero attached hydrogens (tertiary/aromatic N) is 3. The van der Waals surface area contributed by atoms with E-state index < -0.39 is 53.6 Å². The third-order valence-corrected chi connectivity index (χ3v) is 11.6. The number of hydrogen-bond acceptors (Lipinski definition) is 13. The van der Waals surface area contributed by atoms with Gasteiger partial charge in [0.2, 0.25) is 17.7 Å². The first-order valence-electron chi connectivity index (χ1n) is 20.7. The van der Waals surface area contributed by atoms with Gasteiger partial charge in [0, 0.05) is 54.9 Å². The fourth-order valence-corrected chi connectivity index (χ4v) is 7.95. The molecule has 3 aromatic carbocycles. The Kier molecular flexibility index (Phi) is 12.8. The minimum atomic E-state index is -4.57. The normalized spacial score (nSPS) is 17.8. The average Bonchev–Trinajstić information content (AvgIpc) is 3.96.